The van der Waals surface area contributed by atoms with E-state index in [1.165, 1.54) is 7.11 Å². The highest BCUT2D eigenvalue weighted by molar-refractivity contribution is 4.81. The summed E-state index contributed by atoms with van der Waals surface area (Å²) in [6.07, 6.45) is -5.24. The molecule has 0 saturated carbocycles. The van der Waals surface area contributed by atoms with Gasteiger partial charge in [0.2, 0.25) is 0 Å². The van der Waals surface area contributed by atoms with Crippen LogP contribution in [0.3, 0.4) is 0 Å². The molecule has 80 valence electrons. The van der Waals surface area contributed by atoms with E-state index in [9.17, 15) is 5.11 Å². The Hall–Kier alpha value is -0.240. The van der Waals surface area contributed by atoms with Crippen LogP contribution >= 0.6 is 0 Å². The fraction of sp³-hybridized carbons (Fsp3) is 1.00. The first kappa shape index (κ1) is 12.8. The minimum Gasteiger partial charge on any atom is -0.394 e. The Morgan fingerprint density at radius 3 is 1.77 bits per heavy atom. The zero-order valence-electron chi connectivity index (χ0n) is 7.37. The van der Waals surface area contributed by atoms with Crippen molar-refractivity contribution in [3.8, 4) is 0 Å². The monoisotopic (exact) mass is 196 g/mol. The Morgan fingerprint density at radius 2 is 1.46 bits per heavy atom. The quantitative estimate of drug-likeness (QED) is 0.311. The smallest absolute Gasteiger partial charge is 0.114 e. The van der Waals surface area contributed by atoms with Crippen molar-refractivity contribution < 1.29 is 30.3 Å². The minimum atomic E-state index is -1.43. The van der Waals surface area contributed by atoms with Gasteiger partial charge in [-0.1, -0.05) is 0 Å². The standard InChI is InChI=1S/C7H16O6/c1-13-7(5(11)3-9)6(12)4(10)2-8/h4-12H,2-3H2,1H3/t4-,5+,6-,7-/m1/s1. The number of hydrogen-bond acceptors (Lipinski definition) is 6. The first-order valence-corrected chi connectivity index (χ1v) is 3.87. The number of aliphatic hydroxyl groups excluding tert-OH is 5. The maximum atomic E-state index is 9.27. The fourth-order valence-corrected chi connectivity index (χ4v) is 0.955. The van der Waals surface area contributed by atoms with Crippen molar-refractivity contribution in [2.45, 2.75) is 24.4 Å². The molecule has 5 N–H and O–H groups in total. The zero-order chi connectivity index (χ0) is 10.4. The molecule has 0 fully saturated rings. The summed E-state index contributed by atoms with van der Waals surface area (Å²) in [5.41, 5.74) is 0. The summed E-state index contributed by atoms with van der Waals surface area (Å²) < 4.78 is 4.66. The van der Waals surface area contributed by atoms with Gasteiger partial charge in [-0.2, -0.15) is 0 Å². The molecule has 0 unspecified atom stereocenters. The van der Waals surface area contributed by atoms with Crippen LogP contribution < -0.4 is 0 Å². The Balaban J connectivity index is 4.21. The Labute approximate surface area is 76.0 Å². The molecule has 13 heavy (non-hydrogen) atoms. The summed E-state index contributed by atoms with van der Waals surface area (Å²) in [5, 5.41) is 44.4. The lowest BCUT2D eigenvalue weighted by Gasteiger charge is -2.27. The third kappa shape index (κ3) is 3.55. The molecule has 6 heteroatoms. The second-order valence-electron chi connectivity index (χ2n) is 2.69. The maximum Gasteiger partial charge on any atom is 0.114 e. The van der Waals surface area contributed by atoms with Gasteiger partial charge < -0.3 is 30.3 Å². The van der Waals surface area contributed by atoms with Crippen LogP contribution in [0.15, 0.2) is 0 Å². The highest BCUT2D eigenvalue weighted by Gasteiger charge is 2.31. The minimum absolute atomic E-state index is 0.590. The third-order valence-electron chi connectivity index (χ3n) is 1.76. The van der Waals surface area contributed by atoms with Gasteiger partial charge in [-0.25, -0.2) is 0 Å². The van der Waals surface area contributed by atoms with Crippen LogP contribution in [-0.2, 0) is 4.74 Å². The van der Waals surface area contributed by atoms with Crippen molar-refractivity contribution in [1.82, 2.24) is 0 Å². The van der Waals surface area contributed by atoms with E-state index < -0.39 is 37.6 Å². The Bertz CT molecular complexity index is 130. The van der Waals surface area contributed by atoms with Crippen molar-refractivity contribution in [1.29, 1.82) is 0 Å². The molecule has 0 rings (SSSR count). The molecule has 0 aromatic carbocycles. The summed E-state index contributed by atoms with van der Waals surface area (Å²) in [6, 6.07) is 0. The molecule has 0 spiro atoms. The van der Waals surface area contributed by atoms with E-state index in [4.69, 9.17) is 20.4 Å². The fourth-order valence-electron chi connectivity index (χ4n) is 0.955. The van der Waals surface area contributed by atoms with Crippen molar-refractivity contribution in [2.75, 3.05) is 20.3 Å². The molecule has 4 atom stereocenters. The lowest BCUT2D eigenvalue weighted by atomic mass is 10.0. The lowest BCUT2D eigenvalue weighted by molar-refractivity contribution is -0.137. The van der Waals surface area contributed by atoms with Crippen molar-refractivity contribution in [2.24, 2.45) is 0 Å². The highest BCUT2D eigenvalue weighted by atomic mass is 16.5. The predicted octanol–water partition coefficient (Wildman–Crippen LogP) is -2.93. The van der Waals surface area contributed by atoms with Crippen molar-refractivity contribution >= 4 is 0 Å². The van der Waals surface area contributed by atoms with E-state index in [-0.39, 0.29) is 0 Å². The van der Waals surface area contributed by atoms with E-state index in [0.717, 1.165) is 0 Å². The third-order valence-corrected chi connectivity index (χ3v) is 1.76. The summed E-state index contributed by atoms with van der Waals surface area (Å²) in [7, 11) is 1.22. The van der Waals surface area contributed by atoms with Gasteiger partial charge in [-0.15, -0.1) is 0 Å². The summed E-state index contributed by atoms with van der Waals surface area (Å²) >= 11 is 0. The van der Waals surface area contributed by atoms with E-state index >= 15 is 0 Å². The van der Waals surface area contributed by atoms with Gasteiger partial charge >= 0.3 is 0 Å². The van der Waals surface area contributed by atoms with Crippen LogP contribution in [0, 0.1) is 0 Å². The van der Waals surface area contributed by atoms with Crippen molar-refractivity contribution in [3.63, 3.8) is 0 Å². The summed E-state index contributed by atoms with van der Waals surface area (Å²) in [4.78, 5) is 0. The molecule has 6 nitrogen and oxygen atoms in total. The highest BCUT2D eigenvalue weighted by Crippen LogP contribution is 2.08. The lowest BCUT2D eigenvalue weighted by Crippen LogP contribution is -2.48. The molecule has 0 aliphatic rings. The second kappa shape index (κ2) is 6.25. The first-order chi connectivity index (χ1) is 6.08. The molecule has 0 radical (unpaired) electrons. The number of rotatable bonds is 6. The average molecular weight is 196 g/mol. The second-order valence-corrected chi connectivity index (χ2v) is 2.69. The molecule has 0 amide bonds. The number of aliphatic hydroxyl groups is 5. The van der Waals surface area contributed by atoms with Crippen LogP contribution in [-0.4, -0.2) is 70.3 Å². The van der Waals surface area contributed by atoms with Gasteiger partial charge in [0, 0.05) is 7.11 Å². The largest absolute Gasteiger partial charge is 0.394 e. The van der Waals surface area contributed by atoms with Crippen LogP contribution in [0.2, 0.25) is 0 Å². The van der Waals surface area contributed by atoms with E-state index in [1.807, 2.05) is 0 Å². The first-order valence-electron chi connectivity index (χ1n) is 3.87. The predicted molar refractivity (Wildman–Crippen MR) is 43.0 cm³/mol. The molecule has 0 heterocycles. The molecule has 0 bridgehead atoms. The Kier molecular flexibility index (Phi) is 6.13. The van der Waals surface area contributed by atoms with Crippen LogP contribution in [0.5, 0.6) is 0 Å². The SMILES string of the molecule is CO[C@@H]([C@H](O)[C@H](O)CO)[C@@H](O)CO. The summed E-state index contributed by atoms with van der Waals surface area (Å²) in [6.45, 7) is -1.23. The molecule has 0 aliphatic heterocycles. The van der Waals surface area contributed by atoms with Gasteiger partial charge in [-0.3, -0.25) is 0 Å². The number of ether oxygens (including phenoxy) is 1. The van der Waals surface area contributed by atoms with Crippen molar-refractivity contribution in [3.05, 3.63) is 0 Å². The number of methoxy groups -OCH3 is 1. The Morgan fingerprint density at radius 1 is 1.00 bits per heavy atom. The molecular weight excluding hydrogens is 180 g/mol. The van der Waals surface area contributed by atoms with Crippen LogP contribution in [0.4, 0.5) is 0 Å². The molecule has 0 aromatic rings. The van der Waals surface area contributed by atoms with Gasteiger partial charge in [0.15, 0.2) is 0 Å². The molecule has 0 aliphatic carbocycles. The van der Waals surface area contributed by atoms with Crippen LogP contribution in [0.25, 0.3) is 0 Å². The summed E-state index contributed by atoms with van der Waals surface area (Å²) in [5.74, 6) is 0. The van der Waals surface area contributed by atoms with Gasteiger partial charge in [0.05, 0.1) is 13.2 Å². The maximum absolute atomic E-state index is 9.27. The molecule has 0 saturated heterocycles. The number of hydrogen-bond donors (Lipinski definition) is 5. The molecule has 0 aromatic heterocycles. The topological polar surface area (TPSA) is 110 Å². The van der Waals surface area contributed by atoms with Gasteiger partial charge in [0.25, 0.3) is 0 Å². The van der Waals surface area contributed by atoms with E-state index in [2.05, 4.69) is 4.74 Å². The van der Waals surface area contributed by atoms with E-state index in [0.29, 0.717) is 0 Å². The average Bonchev–Trinajstić information content (AvgIpc) is 2.17. The van der Waals surface area contributed by atoms with E-state index in [1.54, 1.807) is 0 Å². The van der Waals surface area contributed by atoms with Gasteiger partial charge in [-0.05, 0) is 0 Å². The van der Waals surface area contributed by atoms with Crippen LogP contribution in [0.1, 0.15) is 0 Å². The zero-order valence-corrected chi connectivity index (χ0v) is 7.37. The van der Waals surface area contributed by atoms with Gasteiger partial charge in [0.1, 0.15) is 24.4 Å². The normalized spacial score (nSPS) is 20.8. The molecular formula is C7H16O6.